The number of hydrogen-bond acceptors (Lipinski definition) is 3. The van der Waals surface area contributed by atoms with Crippen molar-refractivity contribution in [2.24, 2.45) is 5.73 Å². The Morgan fingerprint density at radius 3 is 2.68 bits per heavy atom. The van der Waals surface area contributed by atoms with Crippen LogP contribution in [0.5, 0.6) is 0 Å². The lowest BCUT2D eigenvalue weighted by Crippen LogP contribution is -2.13. The molecule has 4 nitrogen and oxygen atoms in total. The number of hydrogen-bond donors (Lipinski definition) is 2. The van der Waals surface area contributed by atoms with Crippen molar-refractivity contribution >= 4 is 11.6 Å². The Morgan fingerprint density at radius 2 is 2.05 bits per heavy atom. The number of aromatic nitrogens is 1. The average Bonchev–Trinajstić information content (AvgIpc) is 2.39. The van der Waals surface area contributed by atoms with Crippen LogP contribution in [0.25, 0.3) is 0 Å². The third kappa shape index (κ3) is 3.10. The first-order valence-corrected chi connectivity index (χ1v) is 6.13. The van der Waals surface area contributed by atoms with E-state index in [-0.39, 0.29) is 0 Å². The maximum atomic E-state index is 11.3. The Kier molecular flexibility index (Phi) is 3.80. The van der Waals surface area contributed by atoms with Crippen molar-refractivity contribution < 1.29 is 4.79 Å². The SMILES string of the molecule is Cc1ccc(CNc2cccc(C(N)=O)c2C)cn1. The van der Waals surface area contributed by atoms with Crippen molar-refractivity contribution in [1.29, 1.82) is 0 Å². The predicted molar refractivity (Wildman–Crippen MR) is 76.0 cm³/mol. The molecule has 98 valence electrons. The maximum absolute atomic E-state index is 11.3. The van der Waals surface area contributed by atoms with E-state index < -0.39 is 5.91 Å². The van der Waals surface area contributed by atoms with Gasteiger partial charge in [0.1, 0.15) is 0 Å². The van der Waals surface area contributed by atoms with Crippen LogP contribution < -0.4 is 11.1 Å². The van der Waals surface area contributed by atoms with Crippen molar-refractivity contribution in [2.75, 3.05) is 5.32 Å². The molecule has 0 spiro atoms. The molecule has 0 aliphatic heterocycles. The molecule has 19 heavy (non-hydrogen) atoms. The number of nitrogens with zero attached hydrogens (tertiary/aromatic N) is 1. The highest BCUT2D eigenvalue weighted by Gasteiger charge is 2.07. The first-order chi connectivity index (χ1) is 9.08. The lowest BCUT2D eigenvalue weighted by atomic mass is 10.1. The fourth-order valence-electron chi connectivity index (χ4n) is 1.89. The van der Waals surface area contributed by atoms with Crippen LogP contribution >= 0.6 is 0 Å². The minimum absolute atomic E-state index is 0.404. The molecule has 0 aliphatic carbocycles. The van der Waals surface area contributed by atoms with E-state index in [4.69, 9.17) is 5.73 Å². The van der Waals surface area contributed by atoms with Crippen LogP contribution in [0.3, 0.4) is 0 Å². The van der Waals surface area contributed by atoms with Gasteiger partial charge in [0.05, 0.1) is 0 Å². The molecule has 0 saturated heterocycles. The van der Waals surface area contributed by atoms with Gasteiger partial charge in [-0.2, -0.15) is 0 Å². The zero-order valence-electron chi connectivity index (χ0n) is 11.1. The third-order valence-corrected chi connectivity index (χ3v) is 3.05. The molecule has 0 atom stereocenters. The number of rotatable bonds is 4. The molecule has 1 aromatic heterocycles. The van der Waals surface area contributed by atoms with E-state index in [9.17, 15) is 4.79 Å². The van der Waals surface area contributed by atoms with Crippen LogP contribution in [0.15, 0.2) is 36.5 Å². The number of benzene rings is 1. The summed E-state index contributed by atoms with van der Waals surface area (Å²) in [5.74, 6) is -0.404. The zero-order chi connectivity index (χ0) is 13.8. The summed E-state index contributed by atoms with van der Waals surface area (Å²) in [6.45, 7) is 4.50. The number of anilines is 1. The van der Waals surface area contributed by atoms with Gasteiger partial charge in [-0.1, -0.05) is 12.1 Å². The number of nitrogens with two attached hydrogens (primary N) is 1. The highest BCUT2D eigenvalue weighted by Crippen LogP contribution is 2.19. The predicted octanol–water partition coefficient (Wildman–Crippen LogP) is 2.41. The summed E-state index contributed by atoms with van der Waals surface area (Å²) in [6, 6.07) is 9.49. The largest absolute Gasteiger partial charge is 0.381 e. The lowest BCUT2D eigenvalue weighted by Gasteiger charge is -2.11. The summed E-state index contributed by atoms with van der Waals surface area (Å²) < 4.78 is 0. The molecule has 2 aromatic rings. The second-order valence-electron chi connectivity index (χ2n) is 4.50. The lowest BCUT2D eigenvalue weighted by molar-refractivity contribution is 0.1000. The molecule has 0 bridgehead atoms. The van der Waals surface area contributed by atoms with Gasteiger partial charge in [0.25, 0.3) is 0 Å². The van der Waals surface area contributed by atoms with E-state index in [2.05, 4.69) is 10.3 Å². The number of aryl methyl sites for hydroxylation is 1. The number of carbonyl (C=O) groups is 1. The number of carbonyl (C=O) groups excluding carboxylic acids is 1. The number of primary amides is 1. The standard InChI is InChI=1S/C15H17N3O/c1-10-6-7-12(8-17-10)9-18-14-5-3-4-13(11(14)2)15(16)19/h3-8,18H,9H2,1-2H3,(H2,16,19). The van der Waals surface area contributed by atoms with E-state index in [1.165, 1.54) is 0 Å². The highest BCUT2D eigenvalue weighted by atomic mass is 16.1. The summed E-state index contributed by atoms with van der Waals surface area (Å²) in [6.07, 6.45) is 1.84. The maximum Gasteiger partial charge on any atom is 0.249 e. The molecule has 0 fully saturated rings. The van der Waals surface area contributed by atoms with Gasteiger partial charge in [0, 0.05) is 29.7 Å². The van der Waals surface area contributed by atoms with Crippen LogP contribution in [0.1, 0.15) is 27.2 Å². The summed E-state index contributed by atoms with van der Waals surface area (Å²) in [5, 5.41) is 3.30. The summed E-state index contributed by atoms with van der Waals surface area (Å²) in [7, 11) is 0. The fraction of sp³-hybridized carbons (Fsp3) is 0.200. The van der Waals surface area contributed by atoms with Crippen molar-refractivity contribution in [3.05, 3.63) is 58.9 Å². The molecule has 0 aliphatic rings. The normalized spacial score (nSPS) is 10.2. The van der Waals surface area contributed by atoms with Crippen molar-refractivity contribution in [3.63, 3.8) is 0 Å². The monoisotopic (exact) mass is 255 g/mol. The topological polar surface area (TPSA) is 68.0 Å². The van der Waals surface area contributed by atoms with Gasteiger partial charge in [0.2, 0.25) is 5.91 Å². The van der Waals surface area contributed by atoms with E-state index in [1.54, 1.807) is 6.07 Å². The number of amides is 1. The third-order valence-electron chi connectivity index (χ3n) is 3.05. The van der Waals surface area contributed by atoms with Crippen LogP contribution in [-0.2, 0) is 6.54 Å². The molecule has 0 unspecified atom stereocenters. The molecule has 1 aromatic carbocycles. The smallest absolute Gasteiger partial charge is 0.249 e. The minimum Gasteiger partial charge on any atom is -0.381 e. The summed E-state index contributed by atoms with van der Waals surface area (Å²) in [4.78, 5) is 15.5. The van der Waals surface area contributed by atoms with Crippen LogP contribution in [0, 0.1) is 13.8 Å². The highest BCUT2D eigenvalue weighted by molar-refractivity contribution is 5.95. The van der Waals surface area contributed by atoms with Gasteiger partial charge in [0.15, 0.2) is 0 Å². The quantitative estimate of drug-likeness (QED) is 0.881. The summed E-state index contributed by atoms with van der Waals surface area (Å²) >= 11 is 0. The van der Waals surface area contributed by atoms with E-state index >= 15 is 0 Å². The van der Waals surface area contributed by atoms with Crippen molar-refractivity contribution in [1.82, 2.24) is 4.98 Å². The summed E-state index contributed by atoms with van der Waals surface area (Å²) in [5.41, 5.74) is 9.75. The molecule has 1 heterocycles. The van der Waals surface area contributed by atoms with Gasteiger partial charge in [-0.05, 0) is 43.2 Å². The first-order valence-electron chi connectivity index (χ1n) is 6.13. The van der Waals surface area contributed by atoms with Crippen LogP contribution in [0.2, 0.25) is 0 Å². The fourth-order valence-corrected chi connectivity index (χ4v) is 1.89. The van der Waals surface area contributed by atoms with E-state index in [0.29, 0.717) is 12.1 Å². The van der Waals surface area contributed by atoms with Gasteiger partial charge in [-0.15, -0.1) is 0 Å². The molecular formula is C15H17N3O. The van der Waals surface area contributed by atoms with Crippen LogP contribution in [-0.4, -0.2) is 10.9 Å². The molecule has 3 N–H and O–H groups in total. The Morgan fingerprint density at radius 1 is 1.26 bits per heavy atom. The van der Waals surface area contributed by atoms with Crippen molar-refractivity contribution in [2.45, 2.75) is 20.4 Å². The Bertz CT molecular complexity index is 591. The van der Waals surface area contributed by atoms with E-state index in [1.807, 2.05) is 44.3 Å². The molecule has 1 amide bonds. The van der Waals surface area contributed by atoms with Gasteiger partial charge < -0.3 is 11.1 Å². The van der Waals surface area contributed by atoms with Gasteiger partial charge >= 0.3 is 0 Å². The Hall–Kier alpha value is -2.36. The molecular weight excluding hydrogens is 238 g/mol. The molecule has 4 heteroatoms. The molecule has 0 radical (unpaired) electrons. The van der Waals surface area contributed by atoms with Crippen molar-refractivity contribution in [3.8, 4) is 0 Å². The number of pyridine rings is 1. The molecule has 0 saturated carbocycles. The van der Waals surface area contributed by atoms with Crippen LogP contribution in [0.4, 0.5) is 5.69 Å². The Labute approximate surface area is 112 Å². The molecule has 2 rings (SSSR count). The average molecular weight is 255 g/mol. The minimum atomic E-state index is -0.404. The first kappa shape index (κ1) is 13.1. The van der Waals surface area contributed by atoms with Gasteiger partial charge in [-0.3, -0.25) is 9.78 Å². The second-order valence-corrected chi connectivity index (χ2v) is 4.50. The zero-order valence-corrected chi connectivity index (χ0v) is 11.1. The Balaban J connectivity index is 2.13. The number of nitrogens with one attached hydrogen (secondary N) is 1. The second kappa shape index (κ2) is 5.52. The van der Waals surface area contributed by atoms with Gasteiger partial charge in [-0.25, -0.2) is 0 Å². The van der Waals surface area contributed by atoms with E-state index in [0.717, 1.165) is 22.5 Å².